The van der Waals surface area contributed by atoms with Crippen LogP contribution in [0.5, 0.6) is 0 Å². The van der Waals surface area contributed by atoms with Crippen LogP contribution in [0.4, 0.5) is 10.5 Å². The van der Waals surface area contributed by atoms with E-state index in [-0.39, 0.29) is 6.04 Å². The van der Waals surface area contributed by atoms with Crippen molar-refractivity contribution in [2.24, 2.45) is 5.73 Å². The SMILES string of the molecule is CC(N)c1cccc(N(C(=O)O)C(C)(C)C)c1. The molecule has 0 saturated heterocycles. The molecule has 1 amide bonds. The fraction of sp³-hybridized carbons (Fsp3) is 0.462. The summed E-state index contributed by atoms with van der Waals surface area (Å²) in [5.74, 6) is 0. The first kappa shape index (κ1) is 13.5. The Morgan fingerprint density at radius 3 is 2.41 bits per heavy atom. The maximum Gasteiger partial charge on any atom is 0.412 e. The number of nitrogens with two attached hydrogens (primary N) is 1. The molecule has 0 aliphatic rings. The number of hydrogen-bond acceptors (Lipinski definition) is 2. The zero-order valence-electron chi connectivity index (χ0n) is 10.8. The number of benzene rings is 1. The summed E-state index contributed by atoms with van der Waals surface area (Å²) in [7, 11) is 0. The first-order chi connectivity index (χ1) is 7.73. The van der Waals surface area contributed by atoms with Crippen molar-refractivity contribution in [2.75, 3.05) is 4.90 Å². The monoisotopic (exact) mass is 236 g/mol. The normalized spacial score (nSPS) is 13.2. The second-order valence-electron chi connectivity index (χ2n) is 5.17. The zero-order chi connectivity index (χ0) is 13.2. The summed E-state index contributed by atoms with van der Waals surface area (Å²) in [5, 5.41) is 9.29. The van der Waals surface area contributed by atoms with Crippen LogP contribution < -0.4 is 10.6 Å². The number of carboxylic acid groups (broad SMARTS) is 1. The second-order valence-corrected chi connectivity index (χ2v) is 5.17. The van der Waals surface area contributed by atoms with E-state index in [0.717, 1.165) is 5.56 Å². The molecule has 17 heavy (non-hydrogen) atoms. The van der Waals surface area contributed by atoms with Gasteiger partial charge in [-0.2, -0.15) is 0 Å². The van der Waals surface area contributed by atoms with Gasteiger partial charge in [-0.15, -0.1) is 0 Å². The topological polar surface area (TPSA) is 66.6 Å². The van der Waals surface area contributed by atoms with E-state index in [4.69, 9.17) is 5.73 Å². The summed E-state index contributed by atoms with van der Waals surface area (Å²) < 4.78 is 0. The van der Waals surface area contributed by atoms with Crippen molar-refractivity contribution in [3.63, 3.8) is 0 Å². The molecule has 3 N–H and O–H groups in total. The number of amides is 1. The van der Waals surface area contributed by atoms with Crippen LogP contribution in [0.15, 0.2) is 24.3 Å². The molecule has 0 aromatic heterocycles. The van der Waals surface area contributed by atoms with Gasteiger partial charge >= 0.3 is 6.09 Å². The van der Waals surface area contributed by atoms with Gasteiger partial charge in [-0.05, 0) is 45.4 Å². The average Bonchev–Trinajstić information content (AvgIpc) is 2.15. The number of anilines is 1. The summed E-state index contributed by atoms with van der Waals surface area (Å²) in [6.07, 6.45) is -0.959. The summed E-state index contributed by atoms with van der Waals surface area (Å²) in [4.78, 5) is 12.7. The van der Waals surface area contributed by atoms with Gasteiger partial charge in [0.1, 0.15) is 0 Å². The lowest BCUT2D eigenvalue weighted by Crippen LogP contribution is -2.45. The summed E-state index contributed by atoms with van der Waals surface area (Å²) >= 11 is 0. The molecule has 1 aromatic carbocycles. The highest BCUT2D eigenvalue weighted by Crippen LogP contribution is 2.26. The van der Waals surface area contributed by atoms with Crippen molar-refractivity contribution in [1.29, 1.82) is 0 Å². The molecule has 0 fully saturated rings. The molecule has 0 heterocycles. The Balaban J connectivity index is 3.20. The quantitative estimate of drug-likeness (QED) is 0.829. The third kappa shape index (κ3) is 3.20. The maximum atomic E-state index is 11.3. The lowest BCUT2D eigenvalue weighted by molar-refractivity contribution is 0.195. The smallest absolute Gasteiger partial charge is 0.412 e. The van der Waals surface area contributed by atoms with E-state index in [1.807, 2.05) is 45.9 Å². The van der Waals surface area contributed by atoms with Crippen LogP contribution in [-0.2, 0) is 0 Å². The first-order valence-corrected chi connectivity index (χ1v) is 5.62. The molecular weight excluding hydrogens is 216 g/mol. The lowest BCUT2D eigenvalue weighted by Gasteiger charge is -2.33. The fourth-order valence-corrected chi connectivity index (χ4v) is 1.73. The van der Waals surface area contributed by atoms with Crippen molar-refractivity contribution in [3.05, 3.63) is 29.8 Å². The minimum atomic E-state index is -0.959. The molecule has 1 aromatic rings. The van der Waals surface area contributed by atoms with Crippen LogP contribution in [0, 0.1) is 0 Å². The zero-order valence-corrected chi connectivity index (χ0v) is 10.8. The summed E-state index contributed by atoms with van der Waals surface area (Å²) in [6, 6.07) is 7.23. The molecule has 4 heteroatoms. The van der Waals surface area contributed by atoms with Gasteiger partial charge < -0.3 is 10.8 Å². The van der Waals surface area contributed by atoms with Crippen LogP contribution in [0.2, 0.25) is 0 Å². The van der Waals surface area contributed by atoms with Gasteiger partial charge in [-0.25, -0.2) is 4.79 Å². The molecular formula is C13H20N2O2. The van der Waals surface area contributed by atoms with Crippen molar-refractivity contribution in [3.8, 4) is 0 Å². The highest BCUT2D eigenvalue weighted by Gasteiger charge is 2.27. The van der Waals surface area contributed by atoms with E-state index in [1.165, 1.54) is 4.90 Å². The molecule has 94 valence electrons. The van der Waals surface area contributed by atoms with Crippen LogP contribution in [-0.4, -0.2) is 16.7 Å². The van der Waals surface area contributed by atoms with Crippen LogP contribution in [0.25, 0.3) is 0 Å². The number of rotatable bonds is 2. The summed E-state index contributed by atoms with van der Waals surface area (Å²) in [6.45, 7) is 7.46. The summed E-state index contributed by atoms with van der Waals surface area (Å²) in [5.41, 5.74) is 6.90. The molecule has 0 radical (unpaired) electrons. The lowest BCUT2D eigenvalue weighted by atomic mass is 10.0. The van der Waals surface area contributed by atoms with Crippen LogP contribution >= 0.6 is 0 Å². The van der Waals surface area contributed by atoms with Crippen molar-refractivity contribution >= 4 is 11.8 Å². The van der Waals surface area contributed by atoms with Crippen molar-refractivity contribution in [2.45, 2.75) is 39.3 Å². The minimum Gasteiger partial charge on any atom is -0.465 e. The molecule has 1 rings (SSSR count). The predicted molar refractivity (Wildman–Crippen MR) is 69.3 cm³/mol. The Hall–Kier alpha value is -1.55. The molecule has 0 aliphatic carbocycles. The highest BCUT2D eigenvalue weighted by molar-refractivity contribution is 5.87. The Bertz CT molecular complexity index is 408. The van der Waals surface area contributed by atoms with Gasteiger partial charge in [0.25, 0.3) is 0 Å². The standard InChI is InChI=1S/C13H20N2O2/c1-9(14)10-6-5-7-11(8-10)15(12(16)17)13(2,3)4/h5-9H,14H2,1-4H3,(H,16,17). The molecule has 1 unspecified atom stereocenters. The maximum absolute atomic E-state index is 11.3. The van der Waals surface area contributed by atoms with E-state index < -0.39 is 11.6 Å². The molecule has 0 aliphatic heterocycles. The average molecular weight is 236 g/mol. The highest BCUT2D eigenvalue weighted by atomic mass is 16.4. The van der Waals surface area contributed by atoms with Gasteiger partial charge in [0, 0.05) is 17.3 Å². The third-order valence-electron chi connectivity index (χ3n) is 2.52. The predicted octanol–water partition coefficient (Wildman–Crippen LogP) is 2.99. The van der Waals surface area contributed by atoms with E-state index >= 15 is 0 Å². The van der Waals surface area contributed by atoms with Crippen molar-refractivity contribution in [1.82, 2.24) is 0 Å². The molecule has 0 saturated carbocycles. The Labute approximate surface area is 102 Å². The fourth-order valence-electron chi connectivity index (χ4n) is 1.73. The third-order valence-corrected chi connectivity index (χ3v) is 2.52. The minimum absolute atomic E-state index is 0.106. The molecule has 1 atom stereocenters. The molecule has 0 spiro atoms. The Morgan fingerprint density at radius 1 is 1.41 bits per heavy atom. The van der Waals surface area contributed by atoms with E-state index in [0.29, 0.717) is 5.69 Å². The van der Waals surface area contributed by atoms with Gasteiger partial charge in [0.05, 0.1) is 0 Å². The molecule has 4 nitrogen and oxygen atoms in total. The van der Waals surface area contributed by atoms with E-state index in [2.05, 4.69) is 0 Å². The Morgan fingerprint density at radius 2 is 2.00 bits per heavy atom. The van der Waals surface area contributed by atoms with Crippen LogP contribution in [0.1, 0.15) is 39.3 Å². The molecule has 0 bridgehead atoms. The van der Waals surface area contributed by atoms with Crippen LogP contribution in [0.3, 0.4) is 0 Å². The second kappa shape index (κ2) is 4.75. The number of carbonyl (C=O) groups is 1. The van der Waals surface area contributed by atoms with Gasteiger partial charge in [0.15, 0.2) is 0 Å². The van der Waals surface area contributed by atoms with Gasteiger partial charge in [-0.3, -0.25) is 4.90 Å². The first-order valence-electron chi connectivity index (χ1n) is 5.62. The van der Waals surface area contributed by atoms with E-state index in [9.17, 15) is 9.90 Å². The number of hydrogen-bond donors (Lipinski definition) is 2. The Kier molecular flexibility index (Phi) is 3.78. The number of nitrogens with zero attached hydrogens (tertiary/aromatic N) is 1. The van der Waals surface area contributed by atoms with E-state index in [1.54, 1.807) is 6.07 Å². The van der Waals surface area contributed by atoms with Gasteiger partial charge in [0.2, 0.25) is 0 Å². The van der Waals surface area contributed by atoms with Crippen molar-refractivity contribution < 1.29 is 9.90 Å². The van der Waals surface area contributed by atoms with Gasteiger partial charge in [-0.1, -0.05) is 12.1 Å². The largest absolute Gasteiger partial charge is 0.465 e.